The molecule has 31 heavy (non-hydrogen) atoms. The van der Waals surface area contributed by atoms with Crippen LogP contribution in [0.5, 0.6) is 11.5 Å². The van der Waals surface area contributed by atoms with Gasteiger partial charge in [-0.3, -0.25) is 9.89 Å². The number of nitrogens with one attached hydrogen (secondary N) is 2. The van der Waals surface area contributed by atoms with Crippen LogP contribution < -0.4 is 14.9 Å². The molecule has 0 unspecified atom stereocenters. The summed E-state index contributed by atoms with van der Waals surface area (Å²) in [6.07, 6.45) is 7.89. The number of methoxy groups -OCH3 is 2. The minimum Gasteiger partial charge on any atom is -0.493 e. The number of ether oxygens (including phenoxy) is 2. The molecule has 2 N–H and O–H groups in total. The molecule has 2 aromatic rings. The SMILES string of the molecule is COc1ccc(/C(C)=N\NC(=O)c2cc(C34CC5CC(CC(C5)C3)C4)[nH]n2)cc1OC. The van der Waals surface area contributed by atoms with E-state index in [4.69, 9.17) is 9.47 Å². The van der Waals surface area contributed by atoms with Crippen molar-refractivity contribution in [1.29, 1.82) is 0 Å². The van der Waals surface area contributed by atoms with Crippen molar-refractivity contribution in [2.24, 2.45) is 22.9 Å². The highest BCUT2D eigenvalue weighted by Gasteiger charge is 2.52. The highest BCUT2D eigenvalue weighted by atomic mass is 16.5. The van der Waals surface area contributed by atoms with Gasteiger partial charge in [-0.1, -0.05) is 0 Å². The number of nitrogens with zero attached hydrogens (tertiary/aromatic N) is 2. The van der Waals surface area contributed by atoms with E-state index in [9.17, 15) is 4.79 Å². The fraction of sp³-hybridized carbons (Fsp3) is 0.542. The van der Waals surface area contributed by atoms with Crippen LogP contribution in [0.3, 0.4) is 0 Å². The molecule has 7 nitrogen and oxygen atoms in total. The molecular formula is C24H30N4O3. The van der Waals surface area contributed by atoms with Crippen LogP contribution in [0.25, 0.3) is 0 Å². The van der Waals surface area contributed by atoms with Gasteiger partial charge in [0.15, 0.2) is 17.2 Å². The molecule has 4 saturated carbocycles. The van der Waals surface area contributed by atoms with Gasteiger partial charge in [-0.05, 0) is 87.5 Å². The summed E-state index contributed by atoms with van der Waals surface area (Å²) in [5.74, 6) is 3.51. The van der Waals surface area contributed by atoms with Gasteiger partial charge in [-0.25, -0.2) is 5.43 Å². The topological polar surface area (TPSA) is 88.6 Å². The van der Waals surface area contributed by atoms with E-state index in [0.717, 1.165) is 29.0 Å². The first-order valence-electron chi connectivity index (χ1n) is 11.1. The molecule has 7 heteroatoms. The van der Waals surface area contributed by atoms with Gasteiger partial charge in [0.2, 0.25) is 0 Å². The number of carbonyl (C=O) groups is 1. The average molecular weight is 423 g/mol. The molecule has 4 fully saturated rings. The number of aromatic nitrogens is 2. The summed E-state index contributed by atoms with van der Waals surface area (Å²) < 4.78 is 10.6. The molecule has 4 aliphatic carbocycles. The minimum absolute atomic E-state index is 0.194. The van der Waals surface area contributed by atoms with Crippen LogP contribution in [0.4, 0.5) is 0 Å². The standard InChI is InChI=1S/C24H30N4O3/c1-14(18-4-5-20(30-2)21(9-18)31-3)25-28-23(29)19-10-22(27-26-19)24-11-15-6-16(12-24)8-17(7-15)13-24/h4-5,9-10,15-17H,6-8,11-13H2,1-3H3,(H,26,27)(H,28,29)/b25-14-. The predicted octanol–water partition coefficient (Wildman–Crippen LogP) is 4.05. The summed E-state index contributed by atoms with van der Waals surface area (Å²) >= 11 is 0. The zero-order chi connectivity index (χ0) is 21.6. The molecule has 1 amide bonds. The monoisotopic (exact) mass is 422 g/mol. The molecule has 0 spiro atoms. The Morgan fingerprint density at radius 1 is 1.06 bits per heavy atom. The Morgan fingerprint density at radius 2 is 1.71 bits per heavy atom. The summed E-state index contributed by atoms with van der Waals surface area (Å²) in [5, 5.41) is 11.8. The number of amides is 1. The number of hydrogen-bond acceptors (Lipinski definition) is 5. The predicted molar refractivity (Wildman–Crippen MR) is 118 cm³/mol. The molecule has 1 aromatic carbocycles. The molecule has 0 atom stereocenters. The number of rotatable bonds is 6. The van der Waals surface area contributed by atoms with E-state index < -0.39 is 0 Å². The zero-order valence-corrected chi connectivity index (χ0v) is 18.4. The van der Waals surface area contributed by atoms with Crippen molar-refractivity contribution >= 4 is 11.6 Å². The first-order chi connectivity index (χ1) is 15.0. The maximum absolute atomic E-state index is 12.7. The Morgan fingerprint density at radius 3 is 2.32 bits per heavy atom. The molecule has 0 saturated heterocycles. The minimum atomic E-state index is -0.299. The number of hydrogen-bond donors (Lipinski definition) is 2. The summed E-state index contributed by atoms with van der Waals surface area (Å²) in [4.78, 5) is 12.7. The summed E-state index contributed by atoms with van der Waals surface area (Å²) in [7, 11) is 3.19. The average Bonchev–Trinajstić information content (AvgIpc) is 3.27. The van der Waals surface area contributed by atoms with Crippen LogP contribution in [0.1, 0.15) is 67.2 Å². The molecule has 1 heterocycles. The third-order valence-corrected chi connectivity index (χ3v) is 7.55. The number of hydrazone groups is 1. The number of benzene rings is 1. The second-order valence-corrected chi connectivity index (χ2v) is 9.57. The number of carbonyl (C=O) groups excluding carboxylic acids is 1. The highest BCUT2D eigenvalue weighted by Crippen LogP contribution is 2.60. The second-order valence-electron chi connectivity index (χ2n) is 9.57. The summed E-state index contributed by atoms with van der Waals surface area (Å²) in [5.41, 5.74) is 5.89. The number of H-pyrrole nitrogens is 1. The van der Waals surface area contributed by atoms with Gasteiger partial charge in [-0.2, -0.15) is 10.2 Å². The van der Waals surface area contributed by atoms with Crippen molar-refractivity contribution in [3.63, 3.8) is 0 Å². The Kier molecular flexibility index (Phi) is 4.99. The first-order valence-corrected chi connectivity index (χ1v) is 11.1. The zero-order valence-electron chi connectivity index (χ0n) is 18.4. The molecule has 164 valence electrons. The molecule has 6 rings (SSSR count). The van der Waals surface area contributed by atoms with Gasteiger partial charge in [0.25, 0.3) is 5.91 Å². The van der Waals surface area contributed by atoms with E-state index in [-0.39, 0.29) is 11.3 Å². The van der Waals surface area contributed by atoms with E-state index in [0.29, 0.717) is 22.9 Å². The van der Waals surface area contributed by atoms with E-state index in [1.165, 1.54) is 38.5 Å². The third kappa shape index (κ3) is 3.60. The fourth-order valence-corrected chi connectivity index (χ4v) is 6.47. The molecule has 1 aromatic heterocycles. The van der Waals surface area contributed by atoms with E-state index in [1.807, 2.05) is 31.2 Å². The second kappa shape index (κ2) is 7.70. The van der Waals surface area contributed by atoms with Crippen LogP contribution >= 0.6 is 0 Å². The van der Waals surface area contributed by atoms with E-state index in [1.54, 1.807) is 14.2 Å². The Balaban J connectivity index is 1.29. The summed E-state index contributed by atoms with van der Waals surface area (Å²) in [6, 6.07) is 7.49. The van der Waals surface area contributed by atoms with E-state index >= 15 is 0 Å². The van der Waals surface area contributed by atoms with Gasteiger partial charge in [0.1, 0.15) is 0 Å². The lowest BCUT2D eigenvalue weighted by molar-refractivity contribution is -0.00721. The van der Waals surface area contributed by atoms with Crippen LogP contribution in [0.15, 0.2) is 29.4 Å². The third-order valence-electron chi connectivity index (χ3n) is 7.55. The maximum Gasteiger partial charge on any atom is 0.291 e. The van der Waals surface area contributed by atoms with Gasteiger partial charge in [0, 0.05) is 16.7 Å². The lowest BCUT2D eigenvalue weighted by atomic mass is 9.49. The van der Waals surface area contributed by atoms with Crippen molar-refractivity contribution in [1.82, 2.24) is 15.6 Å². The maximum atomic E-state index is 12.7. The van der Waals surface area contributed by atoms with Crippen molar-refractivity contribution in [2.45, 2.75) is 50.9 Å². The molecule has 4 aliphatic rings. The molecular weight excluding hydrogens is 392 g/mol. The Labute approximate surface area is 182 Å². The van der Waals surface area contributed by atoms with E-state index in [2.05, 4.69) is 20.7 Å². The van der Waals surface area contributed by atoms with Gasteiger partial charge >= 0.3 is 0 Å². The van der Waals surface area contributed by atoms with Crippen molar-refractivity contribution in [3.05, 3.63) is 41.2 Å². The molecule has 0 aliphatic heterocycles. The molecule has 4 bridgehead atoms. The lowest BCUT2D eigenvalue weighted by Crippen LogP contribution is -2.48. The number of aromatic amines is 1. The van der Waals surface area contributed by atoms with Crippen LogP contribution in [-0.4, -0.2) is 36.0 Å². The quantitative estimate of drug-likeness (QED) is 0.543. The largest absolute Gasteiger partial charge is 0.493 e. The Bertz CT molecular complexity index is 990. The highest BCUT2D eigenvalue weighted by molar-refractivity contribution is 6.01. The smallest absolute Gasteiger partial charge is 0.291 e. The van der Waals surface area contributed by atoms with Crippen molar-refractivity contribution in [3.8, 4) is 11.5 Å². The van der Waals surface area contributed by atoms with Crippen molar-refractivity contribution < 1.29 is 14.3 Å². The van der Waals surface area contributed by atoms with Crippen LogP contribution in [0.2, 0.25) is 0 Å². The molecule has 0 radical (unpaired) electrons. The lowest BCUT2D eigenvalue weighted by Gasteiger charge is -2.56. The van der Waals surface area contributed by atoms with Crippen LogP contribution in [-0.2, 0) is 5.41 Å². The van der Waals surface area contributed by atoms with Gasteiger partial charge in [-0.15, -0.1) is 0 Å². The van der Waals surface area contributed by atoms with Crippen LogP contribution in [0, 0.1) is 17.8 Å². The fourth-order valence-electron chi connectivity index (χ4n) is 6.47. The van der Waals surface area contributed by atoms with Crippen molar-refractivity contribution in [2.75, 3.05) is 14.2 Å². The first kappa shape index (κ1) is 20.1. The van der Waals surface area contributed by atoms with Gasteiger partial charge in [0.05, 0.1) is 19.9 Å². The normalized spacial score (nSPS) is 29.1. The Hall–Kier alpha value is -2.83. The van der Waals surface area contributed by atoms with Gasteiger partial charge < -0.3 is 9.47 Å². The summed E-state index contributed by atoms with van der Waals surface area (Å²) in [6.45, 7) is 1.84.